The van der Waals surface area contributed by atoms with E-state index in [1.54, 1.807) is 0 Å². The molecular formula is C16H20N4O. The molecule has 2 aromatic rings. The molecule has 1 heterocycles. The zero-order chi connectivity index (χ0) is 14.9. The SMILES string of the molecule is CCCCCCc1ccc(-c2cc(CN=[N+]=[N-])on2)cc1. The molecule has 5 heteroatoms. The molecule has 0 N–H and O–H groups in total. The van der Waals surface area contributed by atoms with Crippen LogP contribution in [-0.2, 0) is 13.0 Å². The van der Waals surface area contributed by atoms with Crippen LogP contribution < -0.4 is 0 Å². The van der Waals surface area contributed by atoms with Crippen LogP contribution in [0.25, 0.3) is 21.7 Å². The van der Waals surface area contributed by atoms with Crippen molar-refractivity contribution in [1.29, 1.82) is 0 Å². The molecule has 0 amide bonds. The van der Waals surface area contributed by atoms with Gasteiger partial charge in [0.1, 0.15) is 11.5 Å². The number of aryl methyl sites for hydroxylation is 1. The minimum Gasteiger partial charge on any atom is -0.361 e. The Balaban J connectivity index is 1.95. The molecule has 0 aliphatic carbocycles. The molecule has 0 saturated heterocycles. The molecule has 0 spiro atoms. The van der Waals surface area contributed by atoms with Crippen LogP contribution >= 0.6 is 0 Å². The first-order valence-electron chi connectivity index (χ1n) is 7.39. The van der Waals surface area contributed by atoms with E-state index in [1.807, 2.05) is 6.07 Å². The molecule has 0 atom stereocenters. The Morgan fingerprint density at radius 2 is 2.00 bits per heavy atom. The first kappa shape index (κ1) is 15.1. The zero-order valence-electron chi connectivity index (χ0n) is 12.3. The third-order valence-electron chi connectivity index (χ3n) is 3.42. The largest absolute Gasteiger partial charge is 0.361 e. The van der Waals surface area contributed by atoms with Gasteiger partial charge in [-0.15, -0.1) is 0 Å². The Morgan fingerprint density at radius 3 is 2.71 bits per heavy atom. The lowest BCUT2D eigenvalue weighted by Crippen LogP contribution is -1.86. The third-order valence-corrected chi connectivity index (χ3v) is 3.42. The number of nitrogens with zero attached hydrogens (tertiary/aromatic N) is 4. The van der Waals surface area contributed by atoms with Crippen LogP contribution in [-0.4, -0.2) is 5.16 Å². The molecule has 0 aliphatic heterocycles. The van der Waals surface area contributed by atoms with Crippen molar-refractivity contribution in [3.63, 3.8) is 0 Å². The first-order chi connectivity index (χ1) is 10.3. The van der Waals surface area contributed by atoms with Crippen molar-refractivity contribution in [2.75, 3.05) is 0 Å². The van der Waals surface area contributed by atoms with E-state index in [0.29, 0.717) is 5.76 Å². The summed E-state index contributed by atoms with van der Waals surface area (Å²) in [5, 5.41) is 7.46. The van der Waals surface area contributed by atoms with Gasteiger partial charge in [-0.05, 0) is 23.9 Å². The number of benzene rings is 1. The van der Waals surface area contributed by atoms with Crippen molar-refractivity contribution in [1.82, 2.24) is 5.16 Å². The highest BCUT2D eigenvalue weighted by Gasteiger charge is 2.05. The van der Waals surface area contributed by atoms with Gasteiger partial charge in [-0.3, -0.25) is 0 Å². The summed E-state index contributed by atoms with van der Waals surface area (Å²) < 4.78 is 5.13. The van der Waals surface area contributed by atoms with Gasteiger partial charge in [0, 0.05) is 16.5 Å². The maximum absolute atomic E-state index is 8.28. The van der Waals surface area contributed by atoms with Gasteiger partial charge in [-0.1, -0.05) is 60.7 Å². The molecular weight excluding hydrogens is 264 g/mol. The first-order valence-corrected chi connectivity index (χ1v) is 7.39. The van der Waals surface area contributed by atoms with Gasteiger partial charge in [0.25, 0.3) is 0 Å². The molecule has 0 unspecified atom stereocenters. The van der Waals surface area contributed by atoms with E-state index in [2.05, 4.69) is 46.4 Å². The highest BCUT2D eigenvalue weighted by Crippen LogP contribution is 2.21. The Kier molecular flexibility index (Phi) is 5.85. The predicted molar refractivity (Wildman–Crippen MR) is 82.6 cm³/mol. The molecule has 110 valence electrons. The molecule has 0 fully saturated rings. The van der Waals surface area contributed by atoms with E-state index in [0.717, 1.165) is 17.7 Å². The van der Waals surface area contributed by atoms with Crippen molar-refractivity contribution >= 4 is 0 Å². The van der Waals surface area contributed by atoms with Crippen molar-refractivity contribution in [2.45, 2.75) is 45.6 Å². The smallest absolute Gasteiger partial charge is 0.143 e. The van der Waals surface area contributed by atoms with Gasteiger partial charge in [0.05, 0.1) is 6.54 Å². The normalized spacial score (nSPS) is 10.3. The maximum Gasteiger partial charge on any atom is 0.143 e. The van der Waals surface area contributed by atoms with Gasteiger partial charge >= 0.3 is 0 Å². The van der Waals surface area contributed by atoms with Crippen LogP contribution in [0.5, 0.6) is 0 Å². The average molecular weight is 284 g/mol. The lowest BCUT2D eigenvalue weighted by Gasteiger charge is -2.02. The summed E-state index contributed by atoms with van der Waals surface area (Å²) in [4.78, 5) is 2.70. The molecule has 2 rings (SSSR count). The van der Waals surface area contributed by atoms with Gasteiger partial charge < -0.3 is 4.52 Å². The summed E-state index contributed by atoms with van der Waals surface area (Å²) in [6, 6.07) is 10.2. The topological polar surface area (TPSA) is 74.8 Å². The van der Waals surface area contributed by atoms with E-state index < -0.39 is 0 Å². The van der Waals surface area contributed by atoms with Crippen LogP contribution in [0.15, 0.2) is 40.0 Å². The lowest BCUT2D eigenvalue weighted by atomic mass is 10.0. The molecule has 5 nitrogen and oxygen atoms in total. The van der Waals surface area contributed by atoms with Gasteiger partial charge in [-0.2, -0.15) is 0 Å². The van der Waals surface area contributed by atoms with Gasteiger partial charge in [0.2, 0.25) is 0 Å². The fourth-order valence-corrected chi connectivity index (χ4v) is 2.22. The second-order valence-electron chi connectivity index (χ2n) is 5.08. The monoisotopic (exact) mass is 284 g/mol. The fourth-order valence-electron chi connectivity index (χ4n) is 2.22. The Hall–Kier alpha value is -2.26. The van der Waals surface area contributed by atoms with Crippen LogP contribution in [0.3, 0.4) is 0 Å². The average Bonchev–Trinajstić information content (AvgIpc) is 2.99. The lowest BCUT2D eigenvalue weighted by molar-refractivity contribution is 0.387. The number of hydrogen-bond acceptors (Lipinski definition) is 3. The van der Waals surface area contributed by atoms with Gasteiger partial charge in [-0.25, -0.2) is 0 Å². The summed E-state index contributed by atoms with van der Waals surface area (Å²) in [7, 11) is 0. The second-order valence-corrected chi connectivity index (χ2v) is 5.08. The molecule has 0 bridgehead atoms. The molecule has 0 aliphatic rings. The van der Waals surface area contributed by atoms with E-state index >= 15 is 0 Å². The van der Waals surface area contributed by atoms with Crippen LogP contribution in [0.2, 0.25) is 0 Å². The minimum absolute atomic E-state index is 0.193. The minimum atomic E-state index is 0.193. The Morgan fingerprint density at radius 1 is 1.19 bits per heavy atom. The van der Waals surface area contributed by atoms with E-state index in [-0.39, 0.29) is 6.54 Å². The highest BCUT2D eigenvalue weighted by atomic mass is 16.5. The van der Waals surface area contributed by atoms with Crippen molar-refractivity contribution < 1.29 is 4.52 Å². The highest BCUT2D eigenvalue weighted by molar-refractivity contribution is 5.59. The number of hydrogen-bond donors (Lipinski definition) is 0. The number of unbranched alkanes of at least 4 members (excludes halogenated alkanes) is 3. The number of rotatable bonds is 8. The summed E-state index contributed by atoms with van der Waals surface area (Å²) in [6.07, 6.45) is 6.24. The third kappa shape index (κ3) is 4.65. The van der Waals surface area contributed by atoms with Crippen LogP contribution in [0, 0.1) is 0 Å². The van der Waals surface area contributed by atoms with E-state index in [9.17, 15) is 0 Å². The van der Waals surface area contributed by atoms with E-state index in [4.69, 9.17) is 10.1 Å². The standard InChI is InChI=1S/C16H20N4O/c1-2-3-4-5-6-13-7-9-14(10-8-13)16-11-15(21-19-16)12-18-20-17/h7-11H,2-6,12H2,1H3. The van der Waals surface area contributed by atoms with Crippen molar-refractivity contribution in [3.05, 3.63) is 52.1 Å². The summed E-state index contributed by atoms with van der Waals surface area (Å²) in [5.74, 6) is 0.575. The van der Waals surface area contributed by atoms with Crippen molar-refractivity contribution in [2.24, 2.45) is 5.11 Å². The molecule has 0 radical (unpaired) electrons. The zero-order valence-corrected chi connectivity index (χ0v) is 12.3. The molecule has 1 aromatic heterocycles. The maximum atomic E-state index is 8.28. The molecule has 0 saturated carbocycles. The summed E-state index contributed by atoms with van der Waals surface area (Å²) in [6.45, 7) is 2.42. The van der Waals surface area contributed by atoms with Gasteiger partial charge in [0.15, 0.2) is 0 Å². The molecule has 1 aromatic carbocycles. The Bertz CT molecular complexity index is 597. The predicted octanol–water partition coefficient (Wildman–Crippen LogP) is 5.27. The number of azide groups is 1. The van der Waals surface area contributed by atoms with Crippen LogP contribution in [0.4, 0.5) is 0 Å². The Labute approximate surface area is 124 Å². The summed E-state index contributed by atoms with van der Waals surface area (Å²) >= 11 is 0. The van der Waals surface area contributed by atoms with Crippen molar-refractivity contribution in [3.8, 4) is 11.3 Å². The fraction of sp³-hybridized carbons (Fsp3) is 0.438. The second kappa shape index (κ2) is 8.12. The summed E-state index contributed by atoms with van der Waals surface area (Å²) in [5.41, 5.74) is 11.4. The number of aromatic nitrogens is 1. The molecule has 21 heavy (non-hydrogen) atoms. The quantitative estimate of drug-likeness (QED) is 0.286. The van der Waals surface area contributed by atoms with E-state index in [1.165, 1.54) is 31.2 Å². The van der Waals surface area contributed by atoms with Crippen LogP contribution in [0.1, 0.15) is 43.9 Å².